The highest BCUT2D eigenvalue weighted by atomic mass is 16.6. The Balaban J connectivity index is 1.79. The molecule has 3 fully saturated rings. The molecule has 0 spiro atoms. The topological polar surface area (TPSA) is 242 Å². The molecular weight excluding hydrogens is 698 g/mol. The second-order valence-corrected chi connectivity index (χ2v) is 15.1. The zero-order chi connectivity index (χ0) is 39.4. The Labute approximate surface area is 305 Å². The quantitative estimate of drug-likeness (QED) is 0.128. The van der Waals surface area contributed by atoms with Crippen LogP contribution in [0, 0.1) is 16.7 Å². The molecule has 5 rings (SSSR count). The predicted octanol–water partition coefficient (Wildman–Crippen LogP) is 0.0614. The van der Waals surface area contributed by atoms with Crippen LogP contribution >= 0.6 is 0 Å². The standard InChI is InChI=1S/C37H47NO15/c1-17-23(51-33(47)27(44)22(15-39)38-18(2)40)14-37(48)31(52-32(46)21-11-9-8-10-12-21)29-35(7,24(43)13-25-36(29,16-49-25)53-20(4)42)30(45)28(50-19(3)41)26(17)34(37,5)6/h8-12,22-25,27-29,31,39,43-44,48H,13-16H2,1-7H3,(H,38,40)/t22?,23?,24?,25?,27?,28?,29?,31?,35-,36?,37?/m1/s1. The van der Waals surface area contributed by atoms with Crippen LogP contribution in [0.5, 0.6) is 0 Å². The summed E-state index contributed by atoms with van der Waals surface area (Å²) >= 11 is 0. The van der Waals surface area contributed by atoms with Gasteiger partial charge < -0.3 is 49.4 Å². The highest BCUT2D eigenvalue weighted by molar-refractivity contribution is 5.95. The Morgan fingerprint density at radius 2 is 1.64 bits per heavy atom. The van der Waals surface area contributed by atoms with Crippen LogP contribution < -0.4 is 5.32 Å². The third-order valence-corrected chi connectivity index (χ3v) is 11.6. The van der Waals surface area contributed by atoms with Gasteiger partial charge in [0, 0.05) is 39.0 Å². The lowest BCUT2D eigenvalue weighted by Gasteiger charge is -2.67. The van der Waals surface area contributed by atoms with Gasteiger partial charge in [0.25, 0.3) is 0 Å². The summed E-state index contributed by atoms with van der Waals surface area (Å²) in [4.78, 5) is 80.0. The van der Waals surface area contributed by atoms with Gasteiger partial charge in [0.2, 0.25) is 5.91 Å². The molecule has 16 heteroatoms. The van der Waals surface area contributed by atoms with E-state index in [1.54, 1.807) is 18.2 Å². The van der Waals surface area contributed by atoms with Gasteiger partial charge in [-0.1, -0.05) is 32.0 Å². The van der Waals surface area contributed by atoms with Crippen LogP contribution in [-0.4, -0.2) is 123 Å². The maximum atomic E-state index is 15.2. The van der Waals surface area contributed by atoms with Gasteiger partial charge in [-0.05, 0) is 37.1 Å². The number of aliphatic hydroxyl groups excluding tert-OH is 3. The zero-order valence-electron chi connectivity index (χ0n) is 30.6. The van der Waals surface area contributed by atoms with Crippen LogP contribution in [0.4, 0.5) is 0 Å². The number of ether oxygens (including phenoxy) is 5. The molecule has 10 unspecified atom stereocenters. The van der Waals surface area contributed by atoms with Gasteiger partial charge in [0.15, 0.2) is 23.6 Å². The van der Waals surface area contributed by atoms with Crippen molar-refractivity contribution >= 4 is 35.6 Å². The third-order valence-electron chi connectivity index (χ3n) is 11.6. The largest absolute Gasteiger partial charge is 0.456 e. The number of hydrogen-bond acceptors (Lipinski definition) is 15. The van der Waals surface area contributed by atoms with Crippen LogP contribution in [0.15, 0.2) is 41.5 Å². The Kier molecular flexibility index (Phi) is 10.7. The van der Waals surface area contributed by atoms with E-state index in [1.165, 1.54) is 39.8 Å². The lowest BCUT2D eigenvalue weighted by molar-refractivity contribution is -0.346. The van der Waals surface area contributed by atoms with E-state index in [0.717, 1.165) is 20.8 Å². The molecule has 5 N–H and O–H groups in total. The van der Waals surface area contributed by atoms with E-state index in [-0.39, 0.29) is 29.7 Å². The maximum absolute atomic E-state index is 15.2. The summed E-state index contributed by atoms with van der Waals surface area (Å²) in [6, 6.07) is 6.28. The third kappa shape index (κ3) is 6.43. The number of nitrogens with one attached hydrogen (secondary N) is 1. The zero-order valence-corrected chi connectivity index (χ0v) is 30.6. The number of ketones is 1. The molecule has 1 heterocycles. The first-order valence-electron chi connectivity index (χ1n) is 17.3. The van der Waals surface area contributed by atoms with E-state index >= 15 is 4.79 Å². The van der Waals surface area contributed by atoms with Gasteiger partial charge in [-0.2, -0.15) is 0 Å². The van der Waals surface area contributed by atoms with Crippen LogP contribution in [0.2, 0.25) is 0 Å². The van der Waals surface area contributed by atoms with Crippen molar-refractivity contribution in [2.45, 2.75) is 115 Å². The SMILES string of the molecule is CC(=O)NC(CO)C(O)C(=O)OC1CC2(O)C(OC(=O)c3ccccc3)C3C4(OC(C)=O)COC4CC(O)[C@@]3(C)C(=O)C(OC(C)=O)C(=C1C)C2(C)C. The van der Waals surface area contributed by atoms with E-state index in [2.05, 4.69) is 5.32 Å². The summed E-state index contributed by atoms with van der Waals surface area (Å²) < 4.78 is 29.5. The number of fused-ring (bicyclic) bond motifs is 5. The smallest absolute Gasteiger partial charge is 0.338 e. The van der Waals surface area contributed by atoms with E-state index < -0.39 is 119 Å². The van der Waals surface area contributed by atoms with Crippen LogP contribution in [0.3, 0.4) is 0 Å². The molecule has 1 aromatic carbocycles. The molecule has 53 heavy (non-hydrogen) atoms. The second-order valence-electron chi connectivity index (χ2n) is 15.1. The fraction of sp³-hybridized carbons (Fsp3) is 0.622. The summed E-state index contributed by atoms with van der Waals surface area (Å²) in [7, 11) is 0. The number of hydrogen-bond donors (Lipinski definition) is 5. The van der Waals surface area contributed by atoms with Crippen molar-refractivity contribution in [2.75, 3.05) is 13.2 Å². The molecule has 3 aliphatic carbocycles. The average Bonchev–Trinajstić information content (AvgIpc) is 3.08. The molecule has 1 aliphatic heterocycles. The predicted molar refractivity (Wildman–Crippen MR) is 179 cm³/mol. The Morgan fingerprint density at radius 1 is 1.00 bits per heavy atom. The van der Waals surface area contributed by atoms with Crippen molar-refractivity contribution in [1.82, 2.24) is 5.32 Å². The first kappa shape index (κ1) is 40.0. The van der Waals surface area contributed by atoms with Crippen molar-refractivity contribution < 1.29 is 72.9 Å². The number of Topliss-reactive ketones (excluding diaryl/α,β-unsaturated/α-hetero) is 1. The minimum Gasteiger partial charge on any atom is -0.456 e. The molecule has 4 aliphatic rings. The number of carbonyl (C=O) groups excluding carboxylic acids is 6. The van der Waals surface area contributed by atoms with Crippen molar-refractivity contribution in [2.24, 2.45) is 16.7 Å². The minimum absolute atomic E-state index is 0.0273. The molecule has 1 aromatic rings. The summed E-state index contributed by atoms with van der Waals surface area (Å²) in [5, 5.41) is 48.1. The summed E-state index contributed by atoms with van der Waals surface area (Å²) in [5.74, 6) is -7.05. The van der Waals surface area contributed by atoms with Gasteiger partial charge >= 0.3 is 23.9 Å². The van der Waals surface area contributed by atoms with Gasteiger partial charge in [0.1, 0.15) is 23.9 Å². The molecule has 1 amide bonds. The monoisotopic (exact) mass is 745 g/mol. The van der Waals surface area contributed by atoms with E-state index in [1.807, 2.05) is 0 Å². The van der Waals surface area contributed by atoms with Crippen LogP contribution in [0.1, 0.15) is 71.7 Å². The fourth-order valence-corrected chi connectivity index (χ4v) is 8.88. The van der Waals surface area contributed by atoms with E-state index in [4.69, 9.17) is 23.7 Å². The van der Waals surface area contributed by atoms with Gasteiger partial charge in [-0.3, -0.25) is 19.2 Å². The lowest BCUT2D eigenvalue weighted by atomic mass is 9.44. The van der Waals surface area contributed by atoms with E-state index in [9.17, 15) is 44.4 Å². The molecule has 2 bridgehead atoms. The number of aliphatic hydroxyl groups is 4. The van der Waals surface area contributed by atoms with Crippen molar-refractivity contribution in [3.8, 4) is 0 Å². The maximum Gasteiger partial charge on any atom is 0.338 e. The number of benzene rings is 1. The highest BCUT2D eigenvalue weighted by Gasteiger charge is 2.78. The minimum atomic E-state index is -2.38. The molecular formula is C37H47NO15. The van der Waals surface area contributed by atoms with E-state index in [0.29, 0.717) is 0 Å². The van der Waals surface area contributed by atoms with Crippen LogP contribution in [0.25, 0.3) is 0 Å². The van der Waals surface area contributed by atoms with Crippen molar-refractivity contribution in [1.29, 1.82) is 0 Å². The fourth-order valence-electron chi connectivity index (χ4n) is 8.88. The molecule has 1 saturated heterocycles. The number of esters is 4. The Bertz CT molecular complexity index is 1710. The highest BCUT2D eigenvalue weighted by Crippen LogP contribution is 2.64. The van der Waals surface area contributed by atoms with Gasteiger partial charge in [-0.15, -0.1) is 0 Å². The van der Waals surface area contributed by atoms with Crippen molar-refractivity contribution in [3.63, 3.8) is 0 Å². The van der Waals surface area contributed by atoms with Gasteiger partial charge in [0.05, 0.1) is 42.3 Å². The molecule has 290 valence electrons. The van der Waals surface area contributed by atoms with Gasteiger partial charge in [-0.25, -0.2) is 9.59 Å². The second kappa shape index (κ2) is 14.2. The van der Waals surface area contributed by atoms with Crippen molar-refractivity contribution in [3.05, 3.63) is 47.0 Å². The summed E-state index contributed by atoms with van der Waals surface area (Å²) in [6.45, 7) is 8.05. The Hall–Kier alpha value is -4.22. The number of rotatable bonds is 9. The molecule has 11 atom stereocenters. The molecule has 0 aromatic heterocycles. The molecule has 16 nitrogen and oxygen atoms in total. The lowest BCUT2D eigenvalue weighted by Crippen LogP contribution is -2.82. The first-order chi connectivity index (χ1) is 24.7. The molecule has 2 saturated carbocycles. The number of amides is 1. The number of carbonyl (C=O) groups is 6. The average molecular weight is 746 g/mol. The summed E-state index contributed by atoms with van der Waals surface area (Å²) in [5.41, 5.74) is -7.68. The normalized spacial score (nSPS) is 35.4. The Morgan fingerprint density at radius 3 is 2.17 bits per heavy atom. The molecule has 0 radical (unpaired) electrons. The summed E-state index contributed by atoms with van der Waals surface area (Å²) in [6.07, 6.45) is -10.6. The van der Waals surface area contributed by atoms with Crippen LogP contribution in [-0.2, 0) is 47.7 Å². The first-order valence-corrected chi connectivity index (χ1v) is 17.3.